The molecule has 0 bridgehead atoms. The molecule has 6 heteroatoms. The second kappa shape index (κ2) is 6.31. The maximum atomic E-state index is 5.97. The number of anilines is 1. The fraction of sp³-hybridized carbons (Fsp3) is 0.385. The second-order valence-electron chi connectivity index (χ2n) is 4.21. The lowest BCUT2D eigenvalue weighted by Gasteiger charge is -2.17. The van der Waals surface area contributed by atoms with Crippen LogP contribution in [0, 0.1) is 0 Å². The van der Waals surface area contributed by atoms with Crippen LogP contribution in [0.3, 0.4) is 0 Å². The fourth-order valence-electron chi connectivity index (χ4n) is 1.91. The highest BCUT2D eigenvalue weighted by Crippen LogP contribution is 2.24. The van der Waals surface area contributed by atoms with Crippen LogP contribution < -0.4 is 5.73 Å². The fourth-order valence-corrected chi connectivity index (χ4v) is 1.91. The Kier molecular flexibility index (Phi) is 4.48. The van der Waals surface area contributed by atoms with E-state index in [-0.39, 0.29) is 6.10 Å². The zero-order chi connectivity index (χ0) is 13.7. The number of nitrogen functional groups attached to an aromatic ring is 1. The molecule has 0 spiro atoms. The summed E-state index contributed by atoms with van der Waals surface area (Å²) in [4.78, 5) is 8.27. The van der Waals surface area contributed by atoms with Crippen molar-refractivity contribution in [3.8, 4) is 11.3 Å². The Balaban J connectivity index is 2.25. The number of nitrogens with zero attached hydrogens (tertiary/aromatic N) is 3. The number of hydrogen-bond donors (Lipinski definition) is 1. The summed E-state index contributed by atoms with van der Waals surface area (Å²) in [6, 6.07) is 1.77. The first-order valence-corrected chi connectivity index (χ1v) is 5.98. The van der Waals surface area contributed by atoms with Gasteiger partial charge in [-0.1, -0.05) is 0 Å². The molecule has 2 rings (SSSR count). The zero-order valence-corrected chi connectivity index (χ0v) is 11.1. The molecule has 2 N–H and O–H groups in total. The van der Waals surface area contributed by atoms with Crippen molar-refractivity contribution in [3.05, 3.63) is 31.0 Å². The van der Waals surface area contributed by atoms with E-state index in [2.05, 4.69) is 9.97 Å². The van der Waals surface area contributed by atoms with Crippen molar-refractivity contribution in [2.24, 2.45) is 0 Å². The second-order valence-corrected chi connectivity index (χ2v) is 4.21. The van der Waals surface area contributed by atoms with E-state index in [4.69, 9.17) is 15.2 Å². The predicted octanol–water partition coefficient (Wildman–Crippen LogP) is 1.19. The lowest BCUT2D eigenvalue weighted by atomic mass is 10.2. The van der Waals surface area contributed by atoms with Crippen molar-refractivity contribution < 1.29 is 9.47 Å². The molecule has 0 amide bonds. The van der Waals surface area contributed by atoms with Crippen LogP contribution in [-0.2, 0) is 16.0 Å². The van der Waals surface area contributed by atoms with Gasteiger partial charge in [0.2, 0.25) is 0 Å². The topological polar surface area (TPSA) is 75.2 Å². The van der Waals surface area contributed by atoms with E-state index in [1.54, 1.807) is 45.2 Å². The van der Waals surface area contributed by atoms with Crippen LogP contribution in [0.2, 0.25) is 0 Å². The summed E-state index contributed by atoms with van der Waals surface area (Å²) in [6.07, 6.45) is 6.90. The number of hydrogen-bond acceptors (Lipinski definition) is 5. The summed E-state index contributed by atoms with van der Waals surface area (Å²) < 4.78 is 12.5. The molecule has 0 radical (unpaired) electrons. The van der Waals surface area contributed by atoms with Gasteiger partial charge in [-0.15, -0.1) is 0 Å². The Morgan fingerprint density at radius 2 is 2.16 bits per heavy atom. The third-order valence-electron chi connectivity index (χ3n) is 2.93. The van der Waals surface area contributed by atoms with E-state index in [1.807, 2.05) is 4.57 Å². The maximum Gasteiger partial charge on any atom is 0.0983 e. The summed E-state index contributed by atoms with van der Waals surface area (Å²) >= 11 is 0. The molecule has 0 saturated carbocycles. The van der Waals surface area contributed by atoms with Crippen molar-refractivity contribution in [1.82, 2.24) is 14.5 Å². The first-order valence-electron chi connectivity index (χ1n) is 5.98. The molecule has 0 saturated heterocycles. The third kappa shape index (κ3) is 3.10. The highest BCUT2D eigenvalue weighted by molar-refractivity contribution is 5.72. The predicted molar refractivity (Wildman–Crippen MR) is 72.5 cm³/mol. The van der Waals surface area contributed by atoms with Crippen LogP contribution in [0.5, 0.6) is 0 Å². The Morgan fingerprint density at radius 1 is 1.32 bits per heavy atom. The summed E-state index contributed by atoms with van der Waals surface area (Å²) in [5.74, 6) is 0. The minimum Gasteiger partial charge on any atom is -0.398 e. The monoisotopic (exact) mass is 262 g/mol. The van der Waals surface area contributed by atoms with Crippen LogP contribution >= 0.6 is 0 Å². The van der Waals surface area contributed by atoms with Crippen LogP contribution in [0.1, 0.15) is 0 Å². The number of imidazole rings is 1. The van der Waals surface area contributed by atoms with Crippen molar-refractivity contribution in [1.29, 1.82) is 0 Å². The summed E-state index contributed by atoms with van der Waals surface area (Å²) in [6.45, 7) is 1.17. The molecule has 1 unspecified atom stereocenters. The number of rotatable bonds is 6. The first-order chi connectivity index (χ1) is 9.26. The van der Waals surface area contributed by atoms with Gasteiger partial charge in [-0.05, 0) is 6.07 Å². The minimum atomic E-state index is -0.0316. The average Bonchev–Trinajstić information content (AvgIpc) is 2.87. The van der Waals surface area contributed by atoms with Crippen molar-refractivity contribution >= 4 is 5.69 Å². The van der Waals surface area contributed by atoms with Crippen molar-refractivity contribution in [3.63, 3.8) is 0 Å². The standard InChI is InChI=1S/C13H18N4O2/c1-18-8-10(19-2)7-17-9-16-6-13(17)11-5-15-4-3-12(11)14/h3-6,9-10H,7-8H2,1-2H3,(H2,14,15). The van der Waals surface area contributed by atoms with Crippen molar-refractivity contribution in [2.75, 3.05) is 26.6 Å². The van der Waals surface area contributed by atoms with Gasteiger partial charge in [0.15, 0.2) is 0 Å². The number of nitrogens with two attached hydrogens (primary N) is 1. The van der Waals surface area contributed by atoms with E-state index < -0.39 is 0 Å². The molecule has 102 valence electrons. The molecule has 2 heterocycles. The summed E-state index contributed by atoms with van der Waals surface area (Å²) in [5, 5.41) is 0. The molecule has 0 aliphatic heterocycles. The Bertz CT molecular complexity index is 527. The maximum absolute atomic E-state index is 5.97. The molecule has 0 aromatic carbocycles. The number of aromatic nitrogens is 3. The molecule has 0 aliphatic rings. The molecule has 1 atom stereocenters. The minimum absolute atomic E-state index is 0.0316. The molecule has 0 aliphatic carbocycles. The van der Waals surface area contributed by atoms with Gasteiger partial charge >= 0.3 is 0 Å². The van der Waals surface area contributed by atoms with Crippen LogP contribution in [-0.4, -0.2) is 41.5 Å². The average molecular weight is 262 g/mol. The number of ether oxygens (including phenoxy) is 2. The molecule has 2 aromatic rings. The van der Waals surface area contributed by atoms with Gasteiger partial charge in [0.25, 0.3) is 0 Å². The van der Waals surface area contributed by atoms with E-state index in [1.165, 1.54) is 0 Å². The lowest BCUT2D eigenvalue weighted by molar-refractivity contribution is 0.0186. The van der Waals surface area contributed by atoms with Gasteiger partial charge in [0.1, 0.15) is 0 Å². The number of pyridine rings is 1. The Hall–Kier alpha value is -1.92. The van der Waals surface area contributed by atoms with Crippen LogP contribution in [0.15, 0.2) is 31.0 Å². The Morgan fingerprint density at radius 3 is 2.84 bits per heavy atom. The van der Waals surface area contributed by atoms with Gasteiger partial charge in [0, 0.05) is 37.9 Å². The van der Waals surface area contributed by atoms with Gasteiger partial charge in [-0.2, -0.15) is 0 Å². The smallest absolute Gasteiger partial charge is 0.0983 e. The van der Waals surface area contributed by atoms with Gasteiger partial charge in [-0.3, -0.25) is 4.98 Å². The highest BCUT2D eigenvalue weighted by atomic mass is 16.5. The largest absolute Gasteiger partial charge is 0.398 e. The lowest BCUT2D eigenvalue weighted by Crippen LogP contribution is -2.23. The van der Waals surface area contributed by atoms with Gasteiger partial charge in [-0.25, -0.2) is 4.98 Å². The molecular formula is C13H18N4O2. The quantitative estimate of drug-likeness (QED) is 0.846. The third-order valence-corrected chi connectivity index (χ3v) is 2.93. The van der Waals surface area contributed by atoms with Crippen molar-refractivity contribution in [2.45, 2.75) is 12.6 Å². The van der Waals surface area contributed by atoms with Gasteiger partial charge in [0.05, 0.1) is 37.5 Å². The SMILES string of the molecule is COCC(Cn1cncc1-c1cnccc1N)OC. The molecule has 2 aromatic heterocycles. The van der Waals surface area contributed by atoms with E-state index in [0.29, 0.717) is 18.8 Å². The molecule has 0 fully saturated rings. The zero-order valence-electron chi connectivity index (χ0n) is 11.1. The van der Waals surface area contributed by atoms with E-state index in [9.17, 15) is 0 Å². The van der Waals surface area contributed by atoms with E-state index in [0.717, 1.165) is 11.3 Å². The van der Waals surface area contributed by atoms with Crippen LogP contribution in [0.25, 0.3) is 11.3 Å². The normalized spacial score (nSPS) is 12.5. The summed E-state index contributed by atoms with van der Waals surface area (Å²) in [5.41, 5.74) is 8.43. The first kappa shape index (κ1) is 13.5. The Labute approximate surface area is 112 Å². The molecular weight excluding hydrogens is 244 g/mol. The molecule has 19 heavy (non-hydrogen) atoms. The van der Waals surface area contributed by atoms with Gasteiger partial charge < -0.3 is 19.8 Å². The molecule has 6 nitrogen and oxygen atoms in total. The summed E-state index contributed by atoms with van der Waals surface area (Å²) in [7, 11) is 3.32. The number of methoxy groups -OCH3 is 2. The highest BCUT2D eigenvalue weighted by Gasteiger charge is 2.13. The van der Waals surface area contributed by atoms with Crippen LogP contribution in [0.4, 0.5) is 5.69 Å². The van der Waals surface area contributed by atoms with E-state index >= 15 is 0 Å².